The van der Waals surface area contributed by atoms with Crippen molar-refractivity contribution in [3.8, 4) is 0 Å². The molecule has 0 aromatic carbocycles. The van der Waals surface area contributed by atoms with Crippen LogP contribution < -0.4 is 10.6 Å². The number of hydrogen-bond acceptors (Lipinski definition) is 3. The summed E-state index contributed by atoms with van der Waals surface area (Å²) in [7, 11) is 0. The molecule has 1 aliphatic rings. The molecule has 0 bridgehead atoms. The minimum atomic E-state index is -0.407. The molecule has 0 aromatic rings. The summed E-state index contributed by atoms with van der Waals surface area (Å²) in [6, 6.07) is -0.0717. The second kappa shape index (κ2) is 6.86. The minimum absolute atomic E-state index is 0.0294. The van der Waals surface area contributed by atoms with E-state index in [0.29, 0.717) is 12.5 Å². The van der Waals surface area contributed by atoms with Gasteiger partial charge in [0.15, 0.2) is 0 Å². The Morgan fingerprint density at radius 1 is 1.62 bits per heavy atom. The fourth-order valence-corrected chi connectivity index (χ4v) is 2.08. The van der Waals surface area contributed by atoms with E-state index in [4.69, 9.17) is 0 Å². The van der Waals surface area contributed by atoms with Crippen LogP contribution in [0.5, 0.6) is 0 Å². The third-order valence-electron chi connectivity index (χ3n) is 3.12. The second-order valence-corrected chi connectivity index (χ2v) is 4.82. The van der Waals surface area contributed by atoms with E-state index in [-0.39, 0.29) is 11.9 Å². The van der Waals surface area contributed by atoms with E-state index in [2.05, 4.69) is 17.6 Å². The molecule has 4 nitrogen and oxygen atoms in total. The van der Waals surface area contributed by atoms with Crippen molar-refractivity contribution in [2.45, 2.75) is 51.7 Å². The normalized spacial score (nSPS) is 27.4. The number of hydrogen-bond donors (Lipinski definition) is 3. The van der Waals surface area contributed by atoms with Crippen molar-refractivity contribution in [1.82, 2.24) is 10.6 Å². The molecule has 0 spiro atoms. The van der Waals surface area contributed by atoms with Crippen LogP contribution in [0, 0.1) is 5.92 Å². The van der Waals surface area contributed by atoms with E-state index < -0.39 is 6.10 Å². The smallest absolute Gasteiger partial charge is 0.237 e. The Balaban J connectivity index is 2.23. The first-order valence-corrected chi connectivity index (χ1v) is 6.32. The lowest BCUT2D eigenvalue weighted by Gasteiger charge is -2.27. The van der Waals surface area contributed by atoms with Crippen molar-refractivity contribution in [3.63, 3.8) is 0 Å². The van der Waals surface area contributed by atoms with Gasteiger partial charge in [0.2, 0.25) is 5.91 Å². The third-order valence-corrected chi connectivity index (χ3v) is 3.12. The molecule has 0 saturated carbocycles. The molecule has 0 aromatic heterocycles. The number of aliphatic hydroxyl groups excluding tert-OH is 1. The van der Waals surface area contributed by atoms with Gasteiger partial charge in [0.05, 0.1) is 12.1 Å². The van der Waals surface area contributed by atoms with Crippen LogP contribution in [0.1, 0.15) is 39.5 Å². The predicted molar refractivity (Wildman–Crippen MR) is 64.1 cm³/mol. The molecule has 1 rings (SSSR count). The highest BCUT2D eigenvalue weighted by Crippen LogP contribution is 2.14. The molecule has 3 unspecified atom stereocenters. The van der Waals surface area contributed by atoms with Gasteiger partial charge in [-0.15, -0.1) is 0 Å². The molecule has 16 heavy (non-hydrogen) atoms. The predicted octanol–water partition coefficient (Wildman–Crippen LogP) is 0.652. The van der Waals surface area contributed by atoms with Gasteiger partial charge in [0, 0.05) is 6.54 Å². The van der Waals surface area contributed by atoms with Crippen LogP contribution in [0.3, 0.4) is 0 Å². The number of aliphatic hydroxyl groups is 1. The zero-order valence-electron chi connectivity index (χ0n) is 10.3. The molecular formula is C12H24N2O2. The van der Waals surface area contributed by atoms with Crippen molar-refractivity contribution in [1.29, 1.82) is 0 Å². The Morgan fingerprint density at radius 2 is 2.38 bits per heavy atom. The summed E-state index contributed by atoms with van der Waals surface area (Å²) in [5, 5.41) is 15.5. The maximum atomic E-state index is 11.8. The minimum Gasteiger partial charge on any atom is -0.391 e. The molecule has 3 N–H and O–H groups in total. The van der Waals surface area contributed by atoms with Gasteiger partial charge in [0.1, 0.15) is 0 Å². The van der Waals surface area contributed by atoms with Crippen molar-refractivity contribution >= 4 is 5.91 Å². The summed E-state index contributed by atoms with van der Waals surface area (Å²) >= 11 is 0. The first-order valence-electron chi connectivity index (χ1n) is 6.32. The average Bonchev–Trinajstić information content (AvgIpc) is 2.26. The van der Waals surface area contributed by atoms with Crippen molar-refractivity contribution < 1.29 is 9.90 Å². The first-order chi connectivity index (χ1) is 7.63. The Hall–Kier alpha value is -0.610. The van der Waals surface area contributed by atoms with Gasteiger partial charge in [0.25, 0.3) is 0 Å². The van der Waals surface area contributed by atoms with Gasteiger partial charge < -0.3 is 15.7 Å². The highest BCUT2D eigenvalue weighted by atomic mass is 16.3. The number of carbonyl (C=O) groups excluding carboxylic acids is 1. The maximum absolute atomic E-state index is 11.8. The Morgan fingerprint density at radius 3 is 3.00 bits per heavy atom. The van der Waals surface area contributed by atoms with Crippen LogP contribution in [0.25, 0.3) is 0 Å². The maximum Gasteiger partial charge on any atom is 0.237 e. The largest absolute Gasteiger partial charge is 0.391 e. The average molecular weight is 228 g/mol. The fraction of sp³-hybridized carbons (Fsp3) is 0.917. The molecule has 0 radical (unpaired) electrons. The highest BCUT2D eigenvalue weighted by molar-refractivity contribution is 5.81. The van der Waals surface area contributed by atoms with Crippen molar-refractivity contribution in [2.24, 2.45) is 5.92 Å². The second-order valence-electron chi connectivity index (χ2n) is 4.82. The number of carbonyl (C=O) groups is 1. The summed E-state index contributed by atoms with van der Waals surface area (Å²) in [6.45, 7) is 5.48. The molecule has 1 fully saturated rings. The fourth-order valence-electron chi connectivity index (χ4n) is 2.08. The SMILES string of the molecule is CCCC(O)CNC(=O)C1CC(C)CCN1. The molecule has 3 atom stereocenters. The van der Waals surface area contributed by atoms with Crippen LogP contribution >= 0.6 is 0 Å². The lowest BCUT2D eigenvalue weighted by Crippen LogP contribution is -2.49. The van der Waals surface area contributed by atoms with Crippen LogP contribution in [0.4, 0.5) is 0 Å². The first kappa shape index (κ1) is 13.5. The monoisotopic (exact) mass is 228 g/mol. The van der Waals surface area contributed by atoms with E-state index in [0.717, 1.165) is 32.2 Å². The summed E-state index contributed by atoms with van der Waals surface area (Å²) < 4.78 is 0. The highest BCUT2D eigenvalue weighted by Gasteiger charge is 2.24. The van der Waals surface area contributed by atoms with Gasteiger partial charge in [-0.05, 0) is 31.7 Å². The van der Waals surface area contributed by atoms with Crippen LogP contribution in [0.2, 0.25) is 0 Å². The third kappa shape index (κ3) is 4.49. The molecule has 1 saturated heterocycles. The summed E-state index contributed by atoms with van der Waals surface area (Å²) in [6.07, 6.45) is 3.32. The van der Waals surface area contributed by atoms with Crippen LogP contribution in [0.15, 0.2) is 0 Å². The topological polar surface area (TPSA) is 61.4 Å². The Bertz CT molecular complexity index is 221. The number of amides is 1. The van der Waals surface area contributed by atoms with Gasteiger partial charge in [-0.1, -0.05) is 20.3 Å². The van der Waals surface area contributed by atoms with E-state index in [1.807, 2.05) is 6.92 Å². The molecule has 1 aliphatic heterocycles. The number of nitrogens with one attached hydrogen (secondary N) is 2. The summed E-state index contributed by atoms with van der Waals surface area (Å²) in [5.74, 6) is 0.638. The van der Waals surface area contributed by atoms with E-state index in [9.17, 15) is 9.90 Å². The van der Waals surface area contributed by atoms with Crippen molar-refractivity contribution in [3.05, 3.63) is 0 Å². The molecule has 1 amide bonds. The zero-order chi connectivity index (χ0) is 12.0. The van der Waals surface area contributed by atoms with Crippen molar-refractivity contribution in [2.75, 3.05) is 13.1 Å². The lowest BCUT2D eigenvalue weighted by atomic mass is 9.94. The standard InChI is InChI=1S/C12H24N2O2/c1-3-4-10(15)8-14-12(16)11-7-9(2)5-6-13-11/h9-11,13,15H,3-8H2,1-2H3,(H,14,16). The molecule has 4 heteroatoms. The Labute approximate surface area is 97.8 Å². The van der Waals surface area contributed by atoms with Gasteiger partial charge in [-0.3, -0.25) is 4.79 Å². The van der Waals surface area contributed by atoms with E-state index in [1.54, 1.807) is 0 Å². The molecule has 1 heterocycles. The lowest BCUT2D eigenvalue weighted by molar-refractivity contribution is -0.124. The summed E-state index contributed by atoms with van der Waals surface area (Å²) in [5.41, 5.74) is 0. The number of rotatable bonds is 5. The van der Waals surface area contributed by atoms with Gasteiger partial charge in [-0.25, -0.2) is 0 Å². The van der Waals surface area contributed by atoms with Gasteiger partial charge >= 0.3 is 0 Å². The zero-order valence-corrected chi connectivity index (χ0v) is 10.3. The van der Waals surface area contributed by atoms with E-state index in [1.165, 1.54) is 0 Å². The van der Waals surface area contributed by atoms with E-state index >= 15 is 0 Å². The van der Waals surface area contributed by atoms with Crippen LogP contribution in [-0.4, -0.2) is 36.2 Å². The van der Waals surface area contributed by atoms with Gasteiger partial charge in [-0.2, -0.15) is 0 Å². The molecule has 0 aliphatic carbocycles. The van der Waals surface area contributed by atoms with Crippen LogP contribution in [-0.2, 0) is 4.79 Å². The Kier molecular flexibility index (Phi) is 5.77. The molecule has 94 valence electrons. The quantitative estimate of drug-likeness (QED) is 0.647. The number of piperidine rings is 1. The summed E-state index contributed by atoms with van der Waals surface area (Å²) in [4.78, 5) is 11.8. The molecular weight excluding hydrogens is 204 g/mol.